The Morgan fingerprint density at radius 1 is 1.09 bits per heavy atom. The van der Waals surface area contributed by atoms with Crippen molar-refractivity contribution in [2.75, 3.05) is 6.54 Å². The van der Waals surface area contributed by atoms with Gasteiger partial charge in [0.2, 0.25) is 0 Å². The third kappa shape index (κ3) is 3.44. The van der Waals surface area contributed by atoms with Crippen molar-refractivity contribution in [3.8, 4) is 0 Å². The SMILES string of the molecule is CCCN(C(=O)c1ccc(S(=O)(=O)C2CCCC2)cc1)C1CC1. The molecule has 0 radical (unpaired) electrons. The number of carbonyl (C=O) groups excluding carboxylic acids is 1. The molecule has 0 aliphatic heterocycles. The molecule has 2 fully saturated rings. The molecule has 0 aromatic heterocycles. The first kappa shape index (κ1) is 16.5. The van der Waals surface area contributed by atoms with Crippen molar-refractivity contribution in [2.24, 2.45) is 0 Å². The monoisotopic (exact) mass is 335 g/mol. The quantitative estimate of drug-likeness (QED) is 0.800. The summed E-state index contributed by atoms with van der Waals surface area (Å²) in [5.41, 5.74) is 0.593. The second-order valence-electron chi connectivity index (χ2n) is 6.71. The Bertz CT molecular complexity index is 656. The van der Waals surface area contributed by atoms with E-state index in [9.17, 15) is 13.2 Å². The summed E-state index contributed by atoms with van der Waals surface area (Å²) in [4.78, 5) is 14.9. The molecule has 1 aromatic carbocycles. The van der Waals surface area contributed by atoms with Crippen molar-refractivity contribution >= 4 is 15.7 Å². The Kier molecular flexibility index (Phi) is 4.76. The molecule has 0 spiro atoms. The highest BCUT2D eigenvalue weighted by molar-refractivity contribution is 7.92. The zero-order chi connectivity index (χ0) is 16.4. The van der Waals surface area contributed by atoms with Crippen LogP contribution in [-0.2, 0) is 9.84 Å². The van der Waals surface area contributed by atoms with Crippen LogP contribution in [0.4, 0.5) is 0 Å². The zero-order valence-electron chi connectivity index (χ0n) is 13.7. The normalized spacial score (nSPS) is 19.0. The Labute approximate surface area is 138 Å². The molecule has 2 aliphatic rings. The van der Waals surface area contributed by atoms with Crippen LogP contribution in [-0.4, -0.2) is 37.1 Å². The number of rotatable bonds is 6. The molecule has 5 heteroatoms. The highest BCUT2D eigenvalue weighted by Crippen LogP contribution is 2.31. The van der Waals surface area contributed by atoms with Crippen molar-refractivity contribution in [1.82, 2.24) is 4.90 Å². The highest BCUT2D eigenvalue weighted by atomic mass is 32.2. The predicted molar refractivity (Wildman–Crippen MR) is 90.2 cm³/mol. The van der Waals surface area contributed by atoms with E-state index in [-0.39, 0.29) is 11.2 Å². The summed E-state index contributed by atoms with van der Waals surface area (Å²) in [6, 6.07) is 6.95. The summed E-state index contributed by atoms with van der Waals surface area (Å²) in [7, 11) is -3.24. The first-order valence-corrected chi connectivity index (χ1v) is 10.2. The maximum atomic E-state index is 12.6. The number of hydrogen-bond donors (Lipinski definition) is 0. The van der Waals surface area contributed by atoms with Gasteiger partial charge in [-0.05, 0) is 56.4 Å². The lowest BCUT2D eigenvalue weighted by atomic mass is 10.2. The van der Waals surface area contributed by atoms with E-state index in [0.29, 0.717) is 16.5 Å². The Balaban J connectivity index is 1.77. The van der Waals surface area contributed by atoms with Crippen LogP contribution in [0.25, 0.3) is 0 Å². The molecular formula is C18H25NO3S. The van der Waals surface area contributed by atoms with Gasteiger partial charge >= 0.3 is 0 Å². The number of nitrogens with zero attached hydrogens (tertiary/aromatic N) is 1. The average molecular weight is 335 g/mol. The highest BCUT2D eigenvalue weighted by Gasteiger charge is 2.33. The van der Waals surface area contributed by atoms with Gasteiger partial charge in [-0.15, -0.1) is 0 Å². The predicted octanol–water partition coefficient (Wildman–Crippen LogP) is 3.42. The summed E-state index contributed by atoms with van der Waals surface area (Å²) in [6.07, 6.45) is 6.61. The van der Waals surface area contributed by atoms with E-state index in [1.807, 2.05) is 4.90 Å². The largest absolute Gasteiger partial charge is 0.336 e. The number of benzene rings is 1. The molecule has 0 atom stereocenters. The summed E-state index contributed by atoms with van der Waals surface area (Å²) in [6.45, 7) is 2.84. The van der Waals surface area contributed by atoms with Gasteiger partial charge in [0, 0.05) is 18.2 Å². The smallest absolute Gasteiger partial charge is 0.254 e. The van der Waals surface area contributed by atoms with Crippen molar-refractivity contribution in [2.45, 2.75) is 68.1 Å². The second-order valence-corrected chi connectivity index (χ2v) is 8.93. The van der Waals surface area contributed by atoms with Crippen LogP contribution in [0.5, 0.6) is 0 Å². The molecule has 126 valence electrons. The molecule has 0 N–H and O–H groups in total. The van der Waals surface area contributed by atoms with Crippen LogP contribution in [0.1, 0.15) is 62.2 Å². The average Bonchev–Trinajstić information content (AvgIpc) is 3.23. The van der Waals surface area contributed by atoms with E-state index in [2.05, 4.69) is 6.92 Å². The van der Waals surface area contributed by atoms with Gasteiger partial charge < -0.3 is 4.90 Å². The first-order chi connectivity index (χ1) is 11.0. The van der Waals surface area contributed by atoms with Crippen LogP contribution in [0.2, 0.25) is 0 Å². The topological polar surface area (TPSA) is 54.5 Å². The van der Waals surface area contributed by atoms with Crippen molar-refractivity contribution in [3.63, 3.8) is 0 Å². The third-order valence-electron chi connectivity index (χ3n) is 4.88. The van der Waals surface area contributed by atoms with Gasteiger partial charge in [0.25, 0.3) is 5.91 Å². The fourth-order valence-electron chi connectivity index (χ4n) is 3.42. The molecule has 3 rings (SSSR count). The van der Waals surface area contributed by atoms with Gasteiger partial charge in [-0.2, -0.15) is 0 Å². The Hall–Kier alpha value is -1.36. The van der Waals surface area contributed by atoms with Gasteiger partial charge in [0.05, 0.1) is 10.1 Å². The molecule has 1 aromatic rings. The summed E-state index contributed by atoms with van der Waals surface area (Å²) < 4.78 is 25.1. The number of carbonyl (C=O) groups is 1. The maximum Gasteiger partial charge on any atom is 0.254 e. The maximum absolute atomic E-state index is 12.6. The standard InChI is InChI=1S/C18H25NO3S/c1-2-13-19(15-9-10-15)18(20)14-7-11-17(12-8-14)23(21,22)16-5-3-4-6-16/h7-8,11-12,15-16H,2-6,9-10,13H2,1H3. The van der Waals surface area contributed by atoms with Gasteiger partial charge in [0.15, 0.2) is 9.84 Å². The van der Waals surface area contributed by atoms with Crippen LogP contribution in [0, 0.1) is 0 Å². The molecule has 4 nitrogen and oxygen atoms in total. The van der Waals surface area contributed by atoms with E-state index in [1.165, 1.54) is 0 Å². The van der Waals surface area contributed by atoms with Crippen molar-refractivity contribution in [1.29, 1.82) is 0 Å². The minimum absolute atomic E-state index is 0.0270. The first-order valence-electron chi connectivity index (χ1n) is 8.69. The molecular weight excluding hydrogens is 310 g/mol. The molecule has 2 saturated carbocycles. The molecule has 1 amide bonds. The lowest BCUT2D eigenvalue weighted by molar-refractivity contribution is 0.0743. The van der Waals surface area contributed by atoms with E-state index >= 15 is 0 Å². The van der Waals surface area contributed by atoms with E-state index in [4.69, 9.17) is 0 Å². The van der Waals surface area contributed by atoms with Crippen LogP contribution in [0.3, 0.4) is 0 Å². The second kappa shape index (κ2) is 6.63. The van der Waals surface area contributed by atoms with Crippen LogP contribution >= 0.6 is 0 Å². The van der Waals surface area contributed by atoms with Crippen LogP contribution in [0.15, 0.2) is 29.2 Å². The Morgan fingerprint density at radius 2 is 1.70 bits per heavy atom. The summed E-state index contributed by atoms with van der Waals surface area (Å²) in [5.74, 6) is 0.0270. The Morgan fingerprint density at radius 3 is 2.22 bits per heavy atom. The molecule has 0 heterocycles. The number of sulfone groups is 1. The number of hydrogen-bond acceptors (Lipinski definition) is 3. The minimum Gasteiger partial charge on any atom is -0.336 e. The van der Waals surface area contributed by atoms with Crippen LogP contribution < -0.4 is 0 Å². The van der Waals surface area contributed by atoms with Crippen molar-refractivity contribution < 1.29 is 13.2 Å². The van der Waals surface area contributed by atoms with Gasteiger partial charge in [-0.1, -0.05) is 19.8 Å². The summed E-state index contributed by atoms with van der Waals surface area (Å²) >= 11 is 0. The fourth-order valence-corrected chi connectivity index (χ4v) is 5.28. The van der Waals surface area contributed by atoms with E-state index < -0.39 is 9.84 Å². The van der Waals surface area contributed by atoms with E-state index in [0.717, 1.165) is 51.5 Å². The molecule has 0 unspecified atom stereocenters. The number of amides is 1. The third-order valence-corrected chi connectivity index (χ3v) is 7.16. The fraction of sp³-hybridized carbons (Fsp3) is 0.611. The van der Waals surface area contributed by atoms with Gasteiger partial charge in [-0.25, -0.2) is 8.42 Å². The van der Waals surface area contributed by atoms with Crippen molar-refractivity contribution in [3.05, 3.63) is 29.8 Å². The van der Waals surface area contributed by atoms with Gasteiger partial charge in [-0.3, -0.25) is 4.79 Å². The lowest BCUT2D eigenvalue weighted by Crippen LogP contribution is -2.33. The molecule has 23 heavy (non-hydrogen) atoms. The molecule has 0 bridgehead atoms. The molecule has 2 aliphatic carbocycles. The molecule has 0 saturated heterocycles. The minimum atomic E-state index is -3.24. The van der Waals surface area contributed by atoms with E-state index in [1.54, 1.807) is 24.3 Å². The lowest BCUT2D eigenvalue weighted by Gasteiger charge is -2.22. The van der Waals surface area contributed by atoms with Gasteiger partial charge in [0.1, 0.15) is 0 Å². The zero-order valence-corrected chi connectivity index (χ0v) is 14.5. The summed E-state index contributed by atoms with van der Waals surface area (Å²) in [5, 5.41) is -0.243.